The number of pyridine rings is 1. The molecule has 0 fully saturated rings. The van der Waals surface area contributed by atoms with Gasteiger partial charge in [0.25, 0.3) is 15.6 Å². The Kier molecular flexibility index (Phi) is 3.15. The number of nitrogens with one attached hydrogen (secondary N) is 2. The molecule has 0 unspecified atom stereocenters. The molecule has 0 aliphatic rings. The summed E-state index contributed by atoms with van der Waals surface area (Å²) in [6.45, 7) is 0. The van der Waals surface area contributed by atoms with E-state index in [1.54, 1.807) is 0 Å². The van der Waals surface area contributed by atoms with Crippen molar-refractivity contribution in [1.82, 2.24) is 4.98 Å². The summed E-state index contributed by atoms with van der Waals surface area (Å²) in [5.74, 6) is -0.536. The van der Waals surface area contributed by atoms with Gasteiger partial charge in [0.2, 0.25) is 0 Å². The number of hydrogen-bond acceptors (Lipinski definition) is 3. The third kappa shape index (κ3) is 2.57. The number of sulfonamides is 1. The minimum atomic E-state index is -3.89. The molecule has 94 valence electrons. The molecule has 2 N–H and O–H groups in total. The largest absolute Gasteiger partial charge is 0.327 e. The monoisotopic (exact) mass is 268 g/mol. The van der Waals surface area contributed by atoms with Crippen molar-refractivity contribution < 1.29 is 12.8 Å². The Balaban J connectivity index is 2.36. The van der Waals surface area contributed by atoms with Crippen molar-refractivity contribution in [2.24, 2.45) is 0 Å². The van der Waals surface area contributed by atoms with Crippen molar-refractivity contribution in [3.05, 3.63) is 58.8 Å². The lowest BCUT2D eigenvalue weighted by molar-refractivity contribution is 0.599. The van der Waals surface area contributed by atoms with Gasteiger partial charge in [-0.15, -0.1) is 0 Å². The van der Waals surface area contributed by atoms with Crippen LogP contribution in [-0.4, -0.2) is 13.4 Å². The van der Waals surface area contributed by atoms with Crippen molar-refractivity contribution in [2.45, 2.75) is 4.90 Å². The highest BCUT2D eigenvalue weighted by Gasteiger charge is 2.15. The van der Waals surface area contributed by atoms with Crippen molar-refractivity contribution in [3.8, 4) is 0 Å². The minimum Gasteiger partial charge on any atom is -0.327 e. The molecule has 0 atom stereocenters. The maximum absolute atomic E-state index is 12.7. The SMILES string of the molecule is O=c1[nH]cccc1NS(=O)(=O)c1ccc(F)cc1. The highest BCUT2D eigenvalue weighted by atomic mass is 32.2. The third-order valence-electron chi connectivity index (χ3n) is 2.19. The molecule has 1 heterocycles. The summed E-state index contributed by atoms with van der Waals surface area (Å²) >= 11 is 0. The van der Waals surface area contributed by atoms with Crippen LogP contribution >= 0.6 is 0 Å². The van der Waals surface area contributed by atoms with Crippen LogP contribution in [0.5, 0.6) is 0 Å². The van der Waals surface area contributed by atoms with E-state index < -0.39 is 21.4 Å². The number of H-pyrrole nitrogens is 1. The fraction of sp³-hybridized carbons (Fsp3) is 0. The van der Waals surface area contributed by atoms with Crippen LogP contribution in [-0.2, 0) is 10.0 Å². The Hall–Kier alpha value is -2.15. The van der Waals surface area contributed by atoms with E-state index in [1.165, 1.54) is 18.3 Å². The van der Waals surface area contributed by atoms with Crippen molar-refractivity contribution in [3.63, 3.8) is 0 Å². The Morgan fingerprint density at radius 3 is 2.39 bits per heavy atom. The van der Waals surface area contributed by atoms with Crippen LogP contribution in [0.1, 0.15) is 0 Å². The zero-order valence-corrected chi connectivity index (χ0v) is 9.87. The van der Waals surface area contributed by atoms with Gasteiger partial charge in [0.05, 0.1) is 4.90 Å². The standard InChI is InChI=1S/C11H9FN2O3S/c12-8-3-5-9(6-4-8)18(16,17)14-10-2-1-7-13-11(10)15/h1-7,14H,(H,13,15). The minimum absolute atomic E-state index is 0.0955. The van der Waals surface area contributed by atoms with Crippen LogP contribution in [0.25, 0.3) is 0 Å². The molecule has 0 radical (unpaired) electrons. The molecule has 5 nitrogen and oxygen atoms in total. The Morgan fingerprint density at radius 2 is 1.78 bits per heavy atom. The van der Waals surface area contributed by atoms with Gasteiger partial charge in [-0.2, -0.15) is 0 Å². The molecule has 0 spiro atoms. The topological polar surface area (TPSA) is 79.0 Å². The smallest absolute Gasteiger partial charge is 0.272 e. The molecule has 0 amide bonds. The molecule has 2 aromatic rings. The number of benzene rings is 1. The molecule has 2 rings (SSSR count). The van der Waals surface area contributed by atoms with E-state index in [2.05, 4.69) is 9.71 Å². The van der Waals surface area contributed by atoms with E-state index in [0.29, 0.717) is 0 Å². The van der Waals surface area contributed by atoms with Crippen LogP contribution in [0, 0.1) is 5.82 Å². The van der Waals surface area contributed by atoms with Gasteiger partial charge in [-0.3, -0.25) is 9.52 Å². The lowest BCUT2D eigenvalue weighted by Gasteiger charge is -2.06. The van der Waals surface area contributed by atoms with Gasteiger partial charge < -0.3 is 4.98 Å². The van der Waals surface area contributed by atoms with Gasteiger partial charge in [-0.1, -0.05) is 0 Å². The summed E-state index contributed by atoms with van der Waals surface area (Å²) in [5.41, 5.74) is -0.648. The predicted molar refractivity (Wildman–Crippen MR) is 64.3 cm³/mol. The van der Waals surface area contributed by atoms with Gasteiger partial charge in [0.1, 0.15) is 11.5 Å². The predicted octanol–water partition coefficient (Wildman–Crippen LogP) is 1.31. The van der Waals surface area contributed by atoms with Crippen LogP contribution in [0.15, 0.2) is 52.3 Å². The first-order valence-corrected chi connectivity index (χ1v) is 6.43. The molecular formula is C11H9FN2O3S. The number of aromatic nitrogens is 1. The van der Waals surface area contributed by atoms with Gasteiger partial charge in [0.15, 0.2) is 0 Å². The summed E-state index contributed by atoms with van der Waals surface area (Å²) in [6, 6.07) is 7.13. The Bertz CT molecular complexity index is 708. The molecular weight excluding hydrogens is 259 g/mol. The van der Waals surface area contributed by atoms with Crippen LogP contribution in [0.4, 0.5) is 10.1 Å². The van der Waals surface area contributed by atoms with Crippen LogP contribution in [0.3, 0.4) is 0 Å². The lowest BCUT2D eigenvalue weighted by atomic mass is 10.4. The van der Waals surface area contributed by atoms with Gasteiger partial charge >= 0.3 is 0 Å². The average molecular weight is 268 g/mol. The lowest BCUT2D eigenvalue weighted by Crippen LogP contribution is -2.19. The number of aromatic amines is 1. The molecule has 18 heavy (non-hydrogen) atoms. The quantitative estimate of drug-likeness (QED) is 0.881. The summed E-state index contributed by atoms with van der Waals surface area (Å²) < 4.78 is 38.6. The first kappa shape index (κ1) is 12.3. The molecule has 0 aliphatic heterocycles. The second-order valence-electron chi connectivity index (χ2n) is 3.47. The van der Waals surface area contributed by atoms with E-state index >= 15 is 0 Å². The molecule has 0 bridgehead atoms. The van der Waals surface area contributed by atoms with E-state index in [-0.39, 0.29) is 10.6 Å². The fourth-order valence-electron chi connectivity index (χ4n) is 1.32. The Labute approximate surface area is 102 Å². The molecule has 0 saturated carbocycles. The number of anilines is 1. The van der Waals surface area contributed by atoms with Crippen molar-refractivity contribution in [2.75, 3.05) is 4.72 Å². The van der Waals surface area contributed by atoms with E-state index in [9.17, 15) is 17.6 Å². The fourth-order valence-corrected chi connectivity index (χ4v) is 2.38. The molecule has 1 aromatic heterocycles. The summed E-state index contributed by atoms with van der Waals surface area (Å²) in [4.78, 5) is 13.6. The van der Waals surface area contributed by atoms with Gasteiger partial charge in [-0.25, -0.2) is 12.8 Å². The van der Waals surface area contributed by atoms with E-state index in [4.69, 9.17) is 0 Å². The number of hydrogen-bond donors (Lipinski definition) is 2. The maximum atomic E-state index is 12.7. The highest BCUT2D eigenvalue weighted by Crippen LogP contribution is 2.13. The zero-order chi connectivity index (χ0) is 13.2. The third-order valence-corrected chi connectivity index (χ3v) is 3.57. The second kappa shape index (κ2) is 4.61. The molecule has 0 aliphatic carbocycles. The number of rotatable bonds is 3. The Morgan fingerprint density at radius 1 is 1.11 bits per heavy atom. The van der Waals surface area contributed by atoms with Crippen molar-refractivity contribution in [1.29, 1.82) is 0 Å². The van der Waals surface area contributed by atoms with E-state index in [0.717, 1.165) is 24.3 Å². The summed E-state index contributed by atoms with van der Waals surface area (Å²) in [7, 11) is -3.89. The number of halogens is 1. The molecule has 0 saturated heterocycles. The summed E-state index contributed by atoms with van der Waals surface area (Å²) in [5, 5.41) is 0. The highest BCUT2D eigenvalue weighted by molar-refractivity contribution is 7.92. The van der Waals surface area contributed by atoms with Gasteiger partial charge in [-0.05, 0) is 36.4 Å². The molecule has 1 aromatic carbocycles. The van der Waals surface area contributed by atoms with Crippen molar-refractivity contribution >= 4 is 15.7 Å². The first-order valence-electron chi connectivity index (χ1n) is 4.95. The average Bonchev–Trinajstić information content (AvgIpc) is 2.32. The normalized spacial score (nSPS) is 11.2. The zero-order valence-electron chi connectivity index (χ0n) is 9.05. The second-order valence-corrected chi connectivity index (χ2v) is 5.15. The van der Waals surface area contributed by atoms with Crippen LogP contribution in [0.2, 0.25) is 0 Å². The van der Waals surface area contributed by atoms with Crippen LogP contribution < -0.4 is 10.3 Å². The first-order chi connectivity index (χ1) is 8.49. The molecule has 7 heteroatoms. The van der Waals surface area contributed by atoms with E-state index in [1.807, 2.05) is 0 Å². The summed E-state index contributed by atoms with van der Waals surface area (Å²) in [6.07, 6.45) is 1.39. The maximum Gasteiger partial charge on any atom is 0.272 e. The van der Waals surface area contributed by atoms with Gasteiger partial charge in [0, 0.05) is 6.20 Å².